The van der Waals surface area contributed by atoms with Crippen molar-refractivity contribution >= 4 is 22.8 Å². The number of nitrogens with one attached hydrogen (secondary N) is 2. The monoisotopic (exact) mass is 390 g/mol. The summed E-state index contributed by atoms with van der Waals surface area (Å²) in [5, 5.41) is 4.27. The maximum Gasteiger partial charge on any atom is 0.269 e. The molecule has 0 bridgehead atoms. The molecule has 9 nitrogen and oxygen atoms in total. The molecule has 4 aromatic rings. The zero-order valence-electron chi connectivity index (χ0n) is 15.8. The Morgan fingerprint density at radius 3 is 2.55 bits per heavy atom. The fourth-order valence-corrected chi connectivity index (χ4v) is 2.92. The Labute approximate surface area is 165 Å². The largest absolute Gasteiger partial charge is 0.334 e. The molecular formula is C20H18N6O3. The molecule has 0 fully saturated rings. The van der Waals surface area contributed by atoms with Gasteiger partial charge in [-0.15, -0.1) is 0 Å². The number of rotatable bonds is 5. The van der Waals surface area contributed by atoms with Crippen LogP contribution in [0.25, 0.3) is 22.4 Å². The minimum atomic E-state index is -0.372. The van der Waals surface area contributed by atoms with Crippen LogP contribution in [-0.4, -0.2) is 25.6 Å². The molecule has 0 aliphatic rings. The fraction of sp³-hybridized carbons (Fsp3) is 0.150. The number of aryl methyl sites for hydroxylation is 1. The third-order valence-electron chi connectivity index (χ3n) is 4.39. The van der Waals surface area contributed by atoms with E-state index in [2.05, 4.69) is 26.0 Å². The van der Waals surface area contributed by atoms with Crippen LogP contribution in [0, 0.1) is 6.92 Å². The average molecular weight is 390 g/mol. The molecule has 9 heteroatoms. The highest BCUT2D eigenvalue weighted by Gasteiger charge is 2.12. The van der Waals surface area contributed by atoms with E-state index in [0.29, 0.717) is 40.3 Å². The van der Waals surface area contributed by atoms with Gasteiger partial charge in [0.2, 0.25) is 5.95 Å². The lowest BCUT2D eigenvalue weighted by molar-refractivity contribution is 0.0962. The van der Waals surface area contributed by atoms with Gasteiger partial charge in [0.05, 0.1) is 10.9 Å². The van der Waals surface area contributed by atoms with Crippen molar-refractivity contribution in [3.05, 3.63) is 70.3 Å². The first-order valence-corrected chi connectivity index (χ1v) is 9.03. The lowest BCUT2D eigenvalue weighted by Gasteiger charge is -2.14. The van der Waals surface area contributed by atoms with Gasteiger partial charge in [-0.1, -0.05) is 17.3 Å². The number of benzene rings is 2. The standard InChI is InChI=1S/C20H18N6O3/c1-3-26-19(28)15-6-4-5-7-16(15)22-20(26)24-23-17(27)13-8-10-14(11-9-13)18-21-12(2)25-29-18/h4-11H,3H2,1-2H3,(H,22,24)(H,23,27). The summed E-state index contributed by atoms with van der Waals surface area (Å²) in [6.45, 7) is 3.98. The minimum absolute atomic E-state index is 0.172. The number of hydrogen-bond acceptors (Lipinski definition) is 7. The third-order valence-corrected chi connectivity index (χ3v) is 4.39. The highest BCUT2D eigenvalue weighted by Crippen LogP contribution is 2.17. The average Bonchev–Trinajstić information content (AvgIpc) is 3.18. The Balaban J connectivity index is 1.53. The summed E-state index contributed by atoms with van der Waals surface area (Å²) in [5.74, 6) is 0.821. The summed E-state index contributed by atoms with van der Waals surface area (Å²) in [6, 6.07) is 13.8. The smallest absolute Gasteiger partial charge is 0.269 e. The van der Waals surface area contributed by atoms with Crippen LogP contribution in [0.1, 0.15) is 23.1 Å². The molecule has 4 rings (SSSR count). The van der Waals surface area contributed by atoms with Crippen LogP contribution in [0.2, 0.25) is 0 Å². The second kappa shape index (κ2) is 7.55. The second-order valence-corrected chi connectivity index (χ2v) is 6.31. The third kappa shape index (κ3) is 3.57. The van der Waals surface area contributed by atoms with Crippen molar-refractivity contribution in [1.29, 1.82) is 0 Å². The summed E-state index contributed by atoms with van der Waals surface area (Å²) in [7, 11) is 0. The Kier molecular flexibility index (Phi) is 4.78. The van der Waals surface area contributed by atoms with E-state index in [1.54, 1.807) is 55.5 Å². The summed E-state index contributed by atoms with van der Waals surface area (Å²) < 4.78 is 6.58. The Morgan fingerprint density at radius 2 is 1.86 bits per heavy atom. The normalized spacial score (nSPS) is 10.8. The van der Waals surface area contributed by atoms with Gasteiger partial charge < -0.3 is 4.52 Å². The number of hydrogen-bond donors (Lipinski definition) is 2. The molecule has 2 aromatic carbocycles. The first kappa shape index (κ1) is 18.4. The van der Waals surface area contributed by atoms with Crippen molar-refractivity contribution in [2.24, 2.45) is 0 Å². The van der Waals surface area contributed by atoms with Crippen LogP contribution in [0.15, 0.2) is 57.8 Å². The van der Waals surface area contributed by atoms with Crippen LogP contribution >= 0.6 is 0 Å². The SMILES string of the molecule is CCn1c(NNC(=O)c2ccc(-c3nc(C)no3)cc2)nc2ccccc2c1=O. The highest BCUT2D eigenvalue weighted by atomic mass is 16.5. The van der Waals surface area contributed by atoms with Gasteiger partial charge in [-0.2, -0.15) is 4.98 Å². The summed E-state index contributed by atoms with van der Waals surface area (Å²) >= 11 is 0. The molecule has 29 heavy (non-hydrogen) atoms. The van der Waals surface area contributed by atoms with E-state index in [-0.39, 0.29) is 17.4 Å². The van der Waals surface area contributed by atoms with E-state index in [1.165, 1.54) is 4.57 Å². The van der Waals surface area contributed by atoms with Crippen molar-refractivity contribution in [3.63, 3.8) is 0 Å². The summed E-state index contributed by atoms with van der Waals surface area (Å²) in [4.78, 5) is 33.7. The molecule has 0 saturated heterocycles. The number of amides is 1. The first-order valence-electron chi connectivity index (χ1n) is 9.03. The number of aromatic nitrogens is 4. The summed E-state index contributed by atoms with van der Waals surface area (Å²) in [6.07, 6.45) is 0. The predicted molar refractivity (Wildman–Crippen MR) is 107 cm³/mol. The van der Waals surface area contributed by atoms with Gasteiger partial charge in [0, 0.05) is 17.7 Å². The number of nitrogens with zero attached hydrogens (tertiary/aromatic N) is 4. The van der Waals surface area contributed by atoms with Gasteiger partial charge in [0.15, 0.2) is 5.82 Å². The Hall–Kier alpha value is -4.01. The molecule has 0 spiro atoms. The molecule has 0 unspecified atom stereocenters. The molecular weight excluding hydrogens is 372 g/mol. The zero-order chi connectivity index (χ0) is 20.4. The van der Waals surface area contributed by atoms with E-state index < -0.39 is 0 Å². The van der Waals surface area contributed by atoms with Crippen molar-refractivity contribution < 1.29 is 9.32 Å². The van der Waals surface area contributed by atoms with Gasteiger partial charge >= 0.3 is 0 Å². The summed E-state index contributed by atoms with van der Waals surface area (Å²) in [5.41, 5.74) is 6.85. The van der Waals surface area contributed by atoms with Crippen molar-refractivity contribution in [2.75, 3.05) is 5.43 Å². The van der Waals surface area contributed by atoms with E-state index in [9.17, 15) is 9.59 Å². The van der Waals surface area contributed by atoms with Gasteiger partial charge in [0.25, 0.3) is 17.4 Å². The van der Waals surface area contributed by atoms with Crippen LogP contribution in [0.5, 0.6) is 0 Å². The molecule has 0 saturated carbocycles. The molecule has 0 aliphatic carbocycles. The van der Waals surface area contributed by atoms with E-state index in [0.717, 1.165) is 0 Å². The van der Waals surface area contributed by atoms with Crippen molar-refractivity contribution in [3.8, 4) is 11.5 Å². The maximum absolute atomic E-state index is 12.6. The lowest BCUT2D eigenvalue weighted by atomic mass is 10.1. The maximum atomic E-state index is 12.6. The first-order chi connectivity index (χ1) is 14.1. The van der Waals surface area contributed by atoms with E-state index in [4.69, 9.17) is 4.52 Å². The molecule has 2 N–H and O–H groups in total. The molecule has 0 aliphatic heterocycles. The van der Waals surface area contributed by atoms with Crippen LogP contribution < -0.4 is 16.4 Å². The van der Waals surface area contributed by atoms with Gasteiger partial charge in [-0.05, 0) is 50.2 Å². The minimum Gasteiger partial charge on any atom is -0.334 e. The van der Waals surface area contributed by atoms with Crippen molar-refractivity contribution in [1.82, 2.24) is 25.1 Å². The number of carbonyl (C=O) groups is 1. The predicted octanol–water partition coefficient (Wildman–Crippen LogP) is 2.53. The van der Waals surface area contributed by atoms with Gasteiger partial charge in [0.1, 0.15) is 0 Å². The highest BCUT2D eigenvalue weighted by molar-refractivity contribution is 5.95. The Bertz CT molecular complexity index is 1240. The van der Waals surface area contributed by atoms with Crippen LogP contribution in [0.3, 0.4) is 0 Å². The topological polar surface area (TPSA) is 115 Å². The van der Waals surface area contributed by atoms with E-state index in [1.807, 2.05) is 6.92 Å². The molecule has 0 atom stereocenters. The molecule has 1 amide bonds. The lowest BCUT2D eigenvalue weighted by Crippen LogP contribution is -2.34. The van der Waals surface area contributed by atoms with Crippen LogP contribution in [-0.2, 0) is 6.54 Å². The fourth-order valence-electron chi connectivity index (χ4n) is 2.92. The Morgan fingerprint density at radius 1 is 1.10 bits per heavy atom. The number of anilines is 1. The van der Waals surface area contributed by atoms with Crippen molar-refractivity contribution in [2.45, 2.75) is 20.4 Å². The van der Waals surface area contributed by atoms with Gasteiger partial charge in [-0.25, -0.2) is 4.98 Å². The zero-order valence-corrected chi connectivity index (χ0v) is 15.8. The second-order valence-electron chi connectivity index (χ2n) is 6.31. The number of fused-ring (bicyclic) bond motifs is 1. The molecule has 146 valence electrons. The van der Waals surface area contributed by atoms with E-state index >= 15 is 0 Å². The number of para-hydroxylation sites is 1. The van der Waals surface area contributed by atoms with Gasteiger partial charge in [-0.3, -0.25) is 25.0 Å². The number of carbonyl (C=O) groups excluding carboxylic acids is 1. The molecule has 2 aromatic heterocycles. The van der Waals surface area contributed by atoms with Crippen LogP contribution in [0.4, 0.5) is 5.95 Å². The molecule has 2 heterocycles. The number of hydrazine groups is 1. The quantitative estimate of drug-likeness (QED) is 0.503. The molecule has 0 radical (unpaired) electrons.